The number of carbonyl (C=O) groups is 2. The maximum atomic E-state index is 10.4. The fraction of sp³-hybridized carbons (Fsp3) is 0. The fourth-order valence-corrected chi connectivity index (χ4v) is 0.929. The summed E-state index contributed by atoms with van der Waals surface area (Å²) in [6.45, 7) is 0. The van der Waals surface area contributed by atoms with Crippen molar-refractivity contribution >= 4 is 23.9 Å². The van der Waals surface area contributed by atoms with Crippen molar-refractivity contribution < 1.29 is 14.7 Å². The monoisotopic (exact) mass is 184 g/mol. The maximum absolute atomic E-state index is 10.4. The number of hydrogen-bond acceptors (Lipinski definition) is 2. The van der Waals surface area contributed by atoms with Gasteiger partial charge in [-0.15, -0.1) is 0 Å². The Balaban J connectivity index is 3.22. The van der Waals surface area contributed by atoms with Crippen molar-refractivity contribution in [1.29, 1.82) is 0 Å². The van der Waals surface area contributed by atoms with E-state index >= 15 is 0 Å². The van der Waals surface area contributed by atoms with Crippen LogP contribution in [0.2, 0.25) is 5.02 Å². The summed E-state index contributed by atoms with van der Waals surface area (Å²) in [5.74, 6) is -1.07. The summed E-state index contributed by atoms with van der Waals surface area (Å²) in [6, 6.07) is 3.96. The molecule has 0 aliphatic carbocycles. The summed E-state index contributed by atoms with van der Waals surface area (Å²) in [7, 11) is 0. The molecule has 0 fully saturated rings. The predicted molar refractivity (Wildman–Crippen MR) is 43.8 cm³/mol. The van der Waals surface area contributed by atoms with E-state index in [9.17, 15) is 9.59 Å². The zero-order chi connectivity index (χ0) is 9.14. The fourth-order valence-electron chi connectivity index (χ4n) is 0.767. The van der Waals surface area contributed by atoms with Crippen LogP contribution in [-0.2, 0) is 0 Å². The van der Waals surface area contributed by atoms with Crippen LogP contribution in [0, 0.1) is 0 Å². The highest BCUT2D eigenvalue weighted by atomic mass is 35.5. The van der Waals surface area contributed by atoms with Gasteiger partial charge < -0.3 is 5.11 Å². The number of rotatable bonds is 2. The first-order chi connectivity index (χ1) is 5.65. The zero-order valence-corrected chi connectivity index (χ0v) is 6.71. The highest BCUT2D eigenvalue weighted by Gasteiger charge is 2.05. The molecule has 1 aromatic carbocycles. The van der Waals surface area contributed by atoms with Crippen LogP contribution in [-0.4, -0.2) is 17.4 Å². The Morgan fingerprint density at radius 3 is 2.67 bits per heavy atom. The molecule has 1 aromatic rings. The van der Waals surface area contributed by atoms with Crippen molar-refractivity contribution in [1.82, 2.24) is 0 Å². The van der Waals surface area contributed by atoms with Crippen LogP contribution in [0.1, 0.15) is 20.7 Å². The van der Waals surface area contributed by atoms with Gasteiger partial charge >= 0.3 is 5.97 Å². The molecule has 12 heavy (non-hydrogen) atoms. The van der Waals surface area contributed by atoms with Crippen LogP contribution in [0.4, 0.5) is 0 Å². The Morgan fingerprint density at radius 2 is 2.17 bits per heavy atom. The number of benzene rings is 1. The van der Waals surface area contributed by atoms with E-state index in [4.69, 9.17) is 16.7 Å². The van der Waals surface area contributed by atoms with E-state index in [0.717, 1.165) is 0 Å². The highest BCUT2D eigenvalue weighted by Crippen LogP contribution is 2.15. The molecule has 0 saturated heterocycles. The second kappa shape index (κ2) is 3.36. The zero-order valence-electron chi connectivity index (χ0n) is 5.95. The molecule has 0 radical (unpaired) electrons. The second-order valence-corrected chi connectivity index (χ2v) is 2.57. The SMILES string of the molecule is O=Cc1cc(C(=O)O)ccc1Cl. The van der Waals surface area contributed by atoms with Gasteiger partial charge in [-0.1, -0.05) is 11.6 Å². The molecule has 0 aromatic heterocycles. The van der Waals surface area contributed by atoms with Gasteiger partial charge in [0.1, 0.15) is 0 Å². The van der Waals surface area contributed by atoms with Gasteiger partial charge in [-0.3, -0.25) is 4.79 Å². The number of carboxylic acids is 1. The lowest BCUT2D eigenvalue weighted by molar-refractivity contribution is 0.0697. The molecule has 1 N–H and O–H groups in total. The molecule has 0 heterocycles. The van der Waals surface area contributed by atoms with E-state index in [1.807, 2.05) is 0 Å². The van der Waals surface area contributed by atoms with E-state index < -0.39 is 5.97 Å². The van der Waals surface area contributed by atoms with Gasteiger partial charge in [-0.2, -0.15) is 0 Å². The Labute approximate surface area is 73.6 Å². The van der Waals surface area contributed by atoms with E-state index in [1.165, 1.54) is 18.2 Å². The Kier molecular flexibility index (Phi) is 2.45. The average molecular weight is 185 g/mol. The van der Waals surface area contributed by atoms with Crippen molar-refractivity contribution in [3.8, 4) is 0 Å². The largest absolute Gasteiger partial charge is 0.478 e. The summed E-state index contributed by atoms with van der Waals surface area (Å²) in [5, 5.41) is 8.80. The van der Waals surface area contributed by atoms with Gasteiger partial charge in [0.05, 0.1) is 10.6 Å². The van der Waals surface area contributed by atoms with Crippen LogP contribution >= 0.6 is 11.6 Å². The lowest BCUT2D eigenvalue weighted by Gasteiger charge is -1.97. The van der Waals surface area contributed by atoms with Crippen LogP contribution in [0.15, 0.2) is 18.2 Å². The molecule has 3 nitrogen and oxygen atoms in total. The molecule has 0 saturated carbocycles. The number of carboxylic acid groups (broad SMARTS) is 1. The van der Waals surface area contributed by atoms with E-state index in [2.05, 4.69) is 0 Å². The van der Waals surface area contributed by atoms with Crippen molar-refractivity contribution in [3.63, 3.8) is 0 Å². The van der Waals surface area contributed by atoms with Crippen LogP contribution in [0.3, 0.4) is 0 Å². The predicted octanol–water partition coefficient (Wildman–Crippen LogP) is 1.85. The molecular weight excluding hydrogens is 180 g/mol. The first-order valence-electron chi connectivity index (χ1n) is 3.13. The van der Waals surface area contributed by atoms with Crippen LogP contribution < -0.4 is 0 Å². The smallest absolute Gasteiger partial charge is 0.335 e. The third kappa shape index (κ3) is 1.62. The van der Waals surface area contributed by atoms with Gasteiger partial charge in [0.2, 0.25) is 0 Å². The first kappa shape index (κ1) is 8.74. The summed E-state index contributed by atoms with van der Waals surface area (Å²) >= 11 is 5.58. The first-order valence-corrected chi connectivity index (χ1v) is 3.51. The lowest BCUT2D eigenvalue weighted by atomic mass is 10.1. The van der Waals surface area contributed by atoms with Crippen molar-refractivity contribution in [2.24, 2.45) is 0 Å². The third-order valence-corrected chi connectivity index (χ3v) is 1.71. The minimum Gasteiger partial charge on any atom is -0.478 e. The quantitative estimate of drug-likeness (QED) is 0.714. The Bertz CT molecular complexity index is 333. The number of aromatic carboxylic acids is 1. The number of halogens is 1. The third-order valence-electron chi connectivity index (χ3n) is 1.37. The summed E-state index contributed by atoms with van der Waals surface area (Å²) in [4.78, 5) is 20.7. The number of aldehydes is 1. The topological polar surface area (TPSA) is 54.4 Å². The van der Waals surface area contributed by atoms with Crippen molar-refractivity contribution in [3.05, 3.63) is 34.3 Å². The maximum Gasteiger partial charge on any atom is 0.335 e. The molecular formula is C8H5ClO3. The molecule has 62 valence electrons. The van der Waals surface area contributed by atoms with Crippen LogP contribution in [0.25, 0.3) is 0 Å². The number of hydrogen-bond donors (Lipinski definition) is 1. The molecule has 0 aliphatic heterocycles. The molecule has 0 atom stereocenters. The second-order valence-electron chi connectivity index (χ2n) is 2.16. The summed E-state index contributed by atoms with van der Waals surface area (Å²) in [5.41, 5.74) is 0.248. The Hall–Kier alpha value is -1.35. The molecule has 0 aliphatic rings. The van der Waals surface area contributed by atoms with Gasteiger partial charge in [0.15, 0.2) is 6.29 Å². The molecule has 1 rings (SSSR count). The van der Waals surface area contributed by atoms with E-state index in [-0.39, 0.29) is 16.1 Å². The van der Waals surface area contributed by atoms with E-state index in [0.29, 0.717) is 6.29 Å². The summed E-state index contributed by atoms with van der Waals surface area (Å²) in [6.07, 6.45) is 0.523. The van der Waals surface area contributed by atoms with Crippen LogP contribution in [0.5, 0.6) is 0 Å². The van der Waals surface area contributed by atoms with Crippen molar-refractivity contribution in [2.45, 2.75) is 0 Å². The van der Waals surface area contributed by atoms with Gasteiger partial charge in [0, 0.05) is 5.56 Å². The van der Waals surface area contributed by atoms with Gasteiger partial charge in [-0.25, -0.2) is 4.79 Å². The molecule has 4 heteroatoms. The van der Waals surface area contributed by atoms with Crippen molar-refractivity contribution in [2.75, 3.05) is 0 Å². The standard InChI is InChI=1S/C8H5ClO3/c9-7-2-1-5(8(11)12)3-6(7)4-10/h1-4H,(H,11,12). The highest BCUT2D eigenvalue weighted by molar-refractivity contribution is 6.33. The molecule has 0 amide bonds. The minimum atomic E-state index is -1.07. The number of carbonyl (C=O) groups excluding carboxylic acids is 1. The van der Waals surface area contributed by atoms with Gasteiger partial charge in [0.25, 0.3) is 0 Å². The molecule has 0 spiro atoms. The Morgan fingerprint density at radius 1 is 1.50 bits per heavy atom. The van der Waals surface area contributed by atoms with E-state index in [1.54, 1.807) is 0 Å². The van der Waals surface area contributed by atoms with Gasteiger partial charge in [-0.05, 0) is 18.2 Å². The summed E-state index contributed by atoms with van der Waals surface area (Å²) < 4.78 is 0. The molecule has 0 unspecified atom stereocenters. The average Bonchev–Trinajstić information content (AvgIpc) is 2.05. The lowest BCUT2D eigenvalue weighted by Crippen LogP contribution is -1.97. The minimum absolute atomic E-state index is 0.0569. The molecule has 0 bridgehead atoms. The normalized spacial score (nSPS) is 9.42.